The molecule has 0 heterocycles. The van der Waals surface area contributed by atoms with E-state index in [-0.39, 0.29) is 0 Å². The molecule has 7 heteroatoms. The first-order valence-electron chi connectivity index (χ1n) is 10.5. The van der Waals surface area contributed by atoms with Crippen molar-refractivity contribution in [1.29, 1.82) is 0 Å². The van der Waals surface area contributed by atoms with Crippen molar-refractivity contribution in [2.75, 3.05) is 12.9 Å². The first-order chi connectivity index (χ1) is 15.0. The summed E-state index contributed by atoms with van der Waals surface area (Å²) in [6, 6.07) is 14.1. The standard InChI is InChI=1S/C25H33NO5S/c1-17-7-9-19(10-8-17)15-32-16-22(20-11-13-21(30-6)14-12-20)26(18(2)23(27)28)24(29)31-25(3,4)5/h7-14,18,22H,15-16H2,1-6H3,(H,27,28)/t18-,22?/m0/s1. The Balaban J connectivity index is 2.35. The van der Waals surface area contributed by atoms with Crippen LogP contribution in [0.1, 0.15) is 50.4 Å². The van der Waals surface area contributed by atoms with Crippen LogP contribution in [0.25, 0.3) is 0 Å². The molecule has 1 N–H and O–H groups in total. The summed E-state index contributed by atoms with van der Waals surface area (Å²) in [4.78, 5) is 26.3. The SMILES string of the molecule is COc1ccc(C(CSCc2ccc(C)cc2)N(C(=O)OC(C)(C)C)[C@@H](C)C(=O)O)cc1. The smallest absolute Gasteiger partial charge is 0.411 e. The van der Waals surface area contributed by atoms with E-state index in [0.29, 0.717) is 11.5 Å². The maximum absolute atomic E-state index is 13.1. The Labute approximate surface area is 194 Å². The molecule has 0 saturated heterocycles. The topological polar surface area (TPSA) is 76.1 Å². The Morgan fingerprint density at radius 1 is 1.06 bits per heavy atom. The van der Waals surface area contributed by atoms with Crippen molar-refractivity contribution in [2.45, 2.75) is 58.1 Å². The van der Waals surface area contributed by atoms with E-state index >= 15 is 0 Å². The van der Waals surface area contributed by atoms with Gasteiger partial charge in [-0.25, -0.2) is 9.59 Å². The van der Waals surface area contributed by atoms with Gasteiger partial charge in [0, 0.05) is 11.5 Å². The number of rotatable bonds is 9. The highest BCUT2D eigenvalue weighted by atomic mass is 32.2. The largest absolute Gasteiger partial charge is 0.497 e. The average molecular weight is 460 g/mol. The highest BCUT2D eigenvalue weighted by Crippen LogP contribution is 2.31. The van der Waals surface area contributed by atoms with Gasteiger partial charge in [0.25, 0.3) is 0 Å². The van der Waals surface area contributed by atoms with Crippen LogP contribution >= 0.6 is 11.8 Å². The summed E-state index contributed by atoms with van der Waals surface area (Å²) in [5, 5.41) is 9.73. The summed E-state index contributed by atoms with van der Waals surface area (Å²) < 4.78 is 10.8. The lowest BCUT2D eigenvalue weighted by Gasteiger charge is -2.36. The molecular weight excluding hydrogens is 426 g/mol. The van der Waals surface area contributed by atoms with Crippen LogP contribution in [-0.2, 0) is 15.3 Å². The van der Waals surface area contributed by atoms with Crippen LogP contribution in [0.2, 0.25) is 0 Å². The Hall–Kier alpha value is -2.67. The van der Waals surface area contributed by atoms with Crippen molar-refractivity contribution in [1.82, 2.24) is 4.90 Å². The van der Waals surface area contributed by atoms with Gasteiger partial charge in [-0.1, -0.05) is 42.0 Å². The van der Waals surface area contributed by atoms with E-state index in [9.17, 15) is 14.7 Å². The molecule has 2 aromatic carbocycles. The molecule has 0 aliphatic rings. The minimum atomic E-state index is -1.09. The molecule has 0 aliphatic heterocycles. The van der Waals surface area contributed by atoms with Crippen molar-refractivity contribution in [3.63, 3.8) is 0 Å². The van der Waals surface area contributed by atoms with Gasteiger partial charge in [-0.2, -0.15) is 11.8 Å². The number of ether oxygens (including phenoxy) is 2. The van der Waals surface area contributed by atoms with Crippen LogP contribution in [0.15, 0.2) is 48.5 Å². The molecule has 1 unspecified atom stereocenters. The number of aliphatic carboxylic acids is 1. The number of carbonyl (C=O) groups is 2. The number of methoxy groups -OCH3 is 1. The van der Waals surface area contributed by atoms with E-state index in [1.54, 1.807) is 39.6 Å². The van der Waals surface area contributed by atoms with E-state index < -0.39 is 29.7 Å². The summed E-state index contributed by atoms with van der Waals surface area (Å²) >= 11 is 1.64. The van der Waals surface area contributed by atoms with E-state index in [2.05, 4.69) is 24.3 Å². The average Bonchev–Trinajstić information content (AvgIpc) is 2.73. The lowest BCUT2D eigenvalue weighted by atomic mass is 10.0. The second-order valence-corrected chi connectivity index (χ2v) is 9.72. The highest BCUT2D eigenvalue weighted by molar-refractivity contribution is 7.98. The number of hydrogen-bond acceptors (Lipinski definition) is 5. The normalized spacial score (nSPS) is 13.2. The van der Waals surface area contributed by atoms with Crippen molar-refractivity contribution in [3.8, 4) is 5.75 Å². The number of aryl methyl sites for hydroxylation is 1. The third-order valence-electron chi connectivity index (χ3n) is 4.88. The maximum atomic E-state index is 13.1. The number of amides is 1. The van der Waals surface area contributed by atoms with E-state index in [4.69, 9.17) is 9.47 Å². The Morgan fingerprint density at radius 3 is 2.16 bits per heavy atom. The van der Waals surface area contributed by atoms with Crippen LogP contribution < -0.4 is 4.74 Å². The van der Waals surface area contributed by atoms with Crippen LogP contribution in [0.4, 0.5) is 4.79 Å². The summed E-state index contributed by atoms with van der Waals surface area (Å²) in [6.45, 7) is 8.85. The first-order valence-corrected chi connectivity index (χ1v) is 11.7. The molecule has 0 spiro atoms. The fourth-order valence-electron chi connectivity index (χ4n) is 3.12. The molecule has 2 atom stereocenters. The van der Waals surface area contributed by atoms with E-state index in [0.717, 1.165) is 11.3 Å². The summed E-state index contributed by atoms with van der Waals surface area (Å²) in [7, 11) is 1.59. The quantitative estimate of drug-likeness (QED) is 0.519. The molecule has 0 radical (unpaired) electrons. The van der Waals surface area contributed by atoms with Crippen molar-refractivity contribution in [3.05, 3.63) is 65.2 Å². The molecule has 6 nitrogen and oxygen atoms in total. The van der Waals surface area contributed by atoms with Crippen LogP contribution in [0, 0.1) is 6.92 Å². The van der Waals surface area contributed by atoms with Gasteiger partial charge in [-0.05, 0) is 57.9 Å². The fourth-order valence-corrected chi connectivity index (χ4v) is 4.25. The second-order valence-electron chi connectivity index (χ2n) is 8.69. The summed E-state index contributed by atoms with van der Waals surface area (Å²) in [5.74, 6) is 0.862. The Kier molecular flexibility index (Phi) is 9.01. The van der Waals surface area contributed by atoms with E-state index in [1.807, 2.05) is 31.2 Å². The fraction of sp³-hybridized carbons (Fsp3) is 0.440. The maximum Gasteiger partial charge on any atom is 0.411 e. The number of carboxylic acid groups (broad SMARTS) is 1. The zero-order chi connectivity index (χ0) is 23.9. The van der Waals surface area contributed by atoms with Gasteiger partial charge < -0.3 is 14.6 Å². The predicted octanol–water partition coefficient (Wildman–Crippen LogP) is 5.69. The molecule has 1 amide bonds. The Morgan fingerprint density at radius 2 is 1.66 bits per heavy atom. The molecule has 174 valence electrons. The van der Waals surface area contributed by atoms with Crippen LogP contribution in [0.3, 0.4) is 0 Å². The van der Waals surface area contributed by atoms with E-state index in [1.165, 1.54) is 23.0 Å². The van der Waals surface area contributed by atoms with Crippen molar-refractivity contribution < 1.29 is 24.2 Å². The predicted molar refractivity (Wildman–Crippen MR) is 128 cm³/mol. The first kappa shape index (κ1) is 25.6. The molecule has 0 aliphatic carbocycles. The minimum Gasteiger partial charge on any atom is -0.497 e. The lowest BCUT2D eigenvalue weighted by Crippen LogP contribution is -2.48. The van der Waals surface area contributed by atoms with Gasteiger partial charge >= 0.3 is 12.1 Å². The van der Waals surface area contributed by atoms with Crippen molar-refractivity contribution >= 4 is 23.8 Å². The summed E-state index contributed by atoms with van der Waals surface area (Å²) in [5.41, 5.74) is 2.44. The van der Waals surface area contributed by atoms with Gasteiger partial charge in [-0.3, -0.25) is 4.90 Å². The van der Waals surface area contributed by atoms with Gasteiger partial charge in [0.15, 0.2) is 0 Å². The zero-order valence-electron chi connectivity index (χ0n) is 19.6. The third-order valence-corrected chi connectivity index (χ3v) is 5.97. The number of hydrogen-bond donors (Lipinski definition) is 1. The number of benzene rings is 2. The number of nitrogens with zero attached hydrogens (tertiary/aromatic N) is 1. The summed E-state index contributed by atoms with van der Waals surface area (Å²) in [6.07, 6.45) is -0.649. The number of carbonyl (C=O) groups excluding carboxylic acids is 1. The van der Waals surface area contributed by atoms with Gasteiger partial charge in [0.1, 0.15) is 17.4 Å². The molecule has 0 saturated carbocycles. The molecule has 2 aromatic rings. The molecule has 0 aromatic heterocycles. The second kappa shape index (κ2) is 11.3. The van der Waals surface area contributed by atoms with Gasteiger partial charge in [0.2, 0.25) is 0 Å². The third kappa shape index (κ3) is 7.48. The van der Waals surface area contributed by atoms with Crippen LogP contribution in [-0.4, -0.2) is 46.6 Å². The molecule has 32 heavy (non-hydrogen) atoms. The lowest BCUT2D eigenvalue weighted by molar-refractivity contribution is -0.143. The monoisotopic (exact) mass is 459 g/mol. The molecular formula is C25H33NO5S. The molecule has 2 rings (SSSR count). The molecule has 0 fully saturated rings. The number of carboxylic acids is 1. The van der Waals surface area contributed by atoms with Crippen LogP contribution in [0.5, 0.6) is 5.75 Å². The number of thioether (sulfide) groups is 1. The van der Waals surface area contributed by atoms with Gasteiger partial charge in [0.05, 0.1) is 13.2 Å². The highest BCUT2D eigenvalue weighted by Gasteiger charge is 2.36. The van der Waals surface area contributed by atoms with Crippen molar-refractivity contribution in [2.24, 2.45) is 0 Å². The zero-order valence-corrected chi connectivity index (χ0v) is 20.4. The molecule has 0 bridgehead atoms. The minimum absolute atomic E-state index is 0.489. The Bertz CT molecular complexity index is 890. The van der Waals surface area contributed by atoms with Gasteiger partial charge in [-0.15, -0.1) is 0 Å².